The average molecular weight is 861 g/mol. The van der Waals surface area contributed by atoms with Gasteiger partial charge in [0.1, 0.15) is 21.2 Å². The Morgan fingerprint density at radius 1 is 0.815 bits per heavy atom. The minimum absolute atomic E-state index is 0. The van der Waals surface area contributed by atoms with Crippen LogP contribution >= 0.6 is 0 Å². The molecule has 1 aromatic heterocycles. The molecule has 0 aliphatic carbocycles. The second kappa shape index (κ2) is 20.1. The smallest absolute Gasteiger partial charge is 0.315 e. The number of hydrogen-bond acceptors (Lipinski definition) is 17. The van der Waals surface area contributed by atoms with Gasteiger partial charge in [0.05, 0.1) is 23.9 Å². The number of ether oxygens (including phenoxy) is 1. The van der Waals surface area contributed by atoms with Gasteiger partial charge in [0.15, 0.2) is 15.6 Å². The van der Waals surface area contributed by atoms with Gasteiger partial charge in [-0.3, -0.25) is 13.7 Å². The largest absolute Gasteiger partial charge is 0.505 e. The molecule has 0 aliphatic rings. The molecule has 0 bridgehead atoms. The van der Waals surface area contributed by atoms with Crippen molar-refractivity contribution in [1.82, 2.24) is 15.0 Å². The van der Waals surface area contributed by atoms with Gasteiger partial charge in [-0.05, 0) is 54.3 Å². The van der Waals surface area contributed by atoms with E-state index in [1.54, 1.807) is 0 Å². The van der Waals surface area contributed by atoms with Gasteiger partial charge in [0, 0.05) is 112 Å². The van der Waals surface area contributed by atoms with Crippen LogP contribution in [-0.2, 0) is 44.9 Å². The van der Waals surface area contributed by atoms with Crippen LogP contribution in [0, 0.1) is 13.0 Å². The van der Waals surface area contributed by atoms with Crippen LogP contribution in [0.1, 0.15) is 5.56 Å². The number of sulfone groups is 1. The van der Waals surface area contributed by atoms with E-state index in [1.165, 1.54) is 18.2 Å². The van der Waals surface area contributed by atoms with Gasteiger partial charge >= 0.3 is 6.08 Å². The third kappa shape index (κ3) is 13.4. The molecule has 3 radical (unpaired) electrons. The molecule has 0 amide bonds. The van der Waals surface area contributed by atoms with Crippen LogP contribution in [0.5, 0.6) is 5.75 Å². The molecule has 20 nitrogen and oxygen atoms in total. The topological polar surface area (TPSA) is 314 Å². The second-order valence-corrected chi connectivity index (χ2v) is 16.4. The first-order valence-corrected chi connectivity index (χ1v) is 19.8. The summed E-state index contributed by atoms with van der Waals surface area (Å²) in [5.74, 6) is -1.75. The van der Waals surface area contributed by atoms with Crippen LogP contribution in [0.3, 0.4) is 0 Å². The van der Waals surface area contributed by atoms with Gasteiger partial charge in [-0.15, -0.1) is 10.2 Å². The minimum atomic E-state index is -5.21. The van der Waals surface area contributed by atoms with E-state index in [0.29, 0.717) is 12.1 Å². The van der Waals surface area contributed by atoms with Crippen molar-refractivity contribution in [2.24, 2.45) is 10.2 Å². The zero-order valence-corrected chi connectivity index (χ0v) is 38.1. The third-order valence-electron chi connectivity index (χ3n) is 6.56. The van der Waals surface area contributed by atoms with Crippen molar-refractivity contribution in [3.63, 3.8) is 0 Å². The molecule has 1 heterocycles. The number of aromatic hydroxyl groups is 1. The maximum atomic E-state index is 14.2. The predicted octanol–water partition coefficient (Wildman–Crippen LogP) is 1.92. The van der Waals surface area contributed by atoms with Crippen molar-refractivity contribution in [3.8, 4) is 5.75 Å². The van der Waals surface area contributed by atoms with Gasteiger partial charge in [-0.25, -0.2) is 8.42 Å². The molecule has 54 heavy (non-hydrogen) atoms. The fraction of sp³-hybridized carbons (Fsp3) is 0.192. The molecule has 0 atom stereocenters. The molecule has 4 rings (SSSR count). The summed E-state index contributed by atoms with van der Waals surface area (Å²) in [6.07, 6.45) is -1.20. The van der Waals surface area contributed by atoms with Crippen molar-refractivity contribution in [2.75, 3.05) is 36.1 Å². The molecule has 0 aliphatic heterocycles. The Morgan fingerprint density at radius 3 is 2.02 bits per heavy atom. The molecular formula is C26H26FN7Na3O13S4. The molecule has 0 spiro atoms. The maximum absolute atomic E-state index is 14.2. The number of hydrogen-bond donors (Lipinski definition) is 6. The number of rotatable bonds is 15. The van der Waals surface area contributed by atoms with E-state index in [1.807, 2.05) is 0 Å². The van der Waals surface area contributed by atoms with E-state index < -0.39 is 78.1 Å². The van der Waals surface area contributed by atoms with Crippen LogP contribution in [0.4, 0.5) is 33.3 Å². The number of aryl methyl sites for hydroxylation is 1. The zero-order valence-electron chi connectivity index (χ0n) is 28.8. The molecule has 3 aromatic carbocycles. The number of aromatic nitrogens is 3. The van der Waals surface area contributed by atoms with Crippen molar-refractivity contribution in [2.45, 2.75) is 21.6 Å². The Hall–Kier alpha value is -1.76. The standard InChI is InChI=1S/C26H26FN7O13S4.3Na/c1-3-48(36,37)9-8-47-7-6-28-25-30-24(27)31-26(32-25)29-16-4-5-17-15(11-16)12-21(51(44,45)46)22(23(17)35)34-33-18-13-19(49(38,39)40)14(2)10-20(18)50(41,42)43;;;/h3-5,10-13,35H,1,6-9H2,2H3,(H,38,39,40)(H,41,42,43)(H,44,45,46)(H2,28,29,30,31,32);;;. The molecule has 0 saturated carbocycles. The van der Waals surface area contributed by atoms with Crippen LogP contribution in [0.25, 0.3) is 10.8 Å². The maximum Gasteiger partial charge on any atom is 0.315 e. The van der Waals surface area contributed by atoms with E-state index in [2.05, 4.69) is 42.4 Å². The quantitative estimate of drug-likeness (QED) is 0.0430. The van der Waals surface area contributed by atoms with Gasteiger partial charge in [0.2, 0.25) is 11.9 Å². The minimum Gasteiger partial charge on any atom is -0.505 e. The summed E-state index contributed by atoms with van der Waals surface area (Å²) < 4.78 is 143. The number of halogens is 1. The number of nitrogens with zero attached hydrogens (tertiary/aromatic N) is 5. The van der Waals surface area contributed by atoms with E-state index in [-0.39, 0.29) is 148 Å². The SMILES string of the molecule is C=CS(=O)(=O)CCOCCNc1nc(F)nc(Nc2ccc3c(O)c(N=Nc4cc(S(=O)(=O)O)c(C)cc4S(=O)(=O)O)c(S(=O)(=O)O)cc3c2)n1.[Na].[Na].[Na]. The predicted molar refractivity (Wildman–Crippen MR) is 194 cm³/mol. The number of azo groups is 1. The normalized spacial score (nSPS) is 12.0. The zero-order chi connectivity index (χ0) is 37.9. The number of benzene rings is 3. The van der Waals surface area contributed by atoms with E-state index in [4.69, 9.17) is 4.74 Å². The Bertz CT molecular complexity index is 2530. The molecule has 0 unspecified atom stereocenters. The van der Waals surface area contributed by atoms with Gasteiger partial charge in [0.25, 0.3) is 30.4 Å². The van der Waals surface area contributed by atoms with E-state index >= 15 is 0 Å². The van der Waals surface area contributed by atoms with Crippen LogP contribution in [0.15, 0.2) is 73.3 Å². The van der Waals surface area contributed by atoms with Gasteiger partial charge < -0.3 is 20.5 Å². The Labute approximate surface area is 374 Å². The number of nitrogens with one attached hydrogen (secondary N) is 2. The Balaban J connectivity index is 0.00000486. The first-order valence-electron chi connectivity index (χ1n) is 13.7. The summed E-state index contributed by atoms with van der Waals surface area (Å²) in [7, 11) is -18.7. The van der Waals surface area contributed by atoms with E-state index in [0.717, 1.165) is 18.4 Å². The summed E-state index contributed by atoms with van der Waals surface area (Å²) in [5, 5.41) is 24.0. The van der Waals surface area contributed by atoms with E-state index in [9.17, 15) is 56.8 Å². The Kier molecular flexibility index (Phi) is 18.7. The molecular weight excluding hydrogens is 835 g/mol. The summed E-state index contributed by atoms with van der Waals surface area (Å²) in [6.45, 7) is 4.23. The fourth-order valence-electron chi connectivity index (χ4n) is 4.25. The van der Waals surface area contributed by atoms with Gasteiger partial charge in [-0.1, -0.05) is 6.58 Å². The third-order valence-corrected chi connectivity index (χ3v) is 10.5. The van der Waals surface area contributed by atoms with Crippen LogP contribution in [0.2, 0.25) is 0 Å². The summed E-state index contributed by atoms with van der Waals surface area (Å²) >= 11 is 0. The second-order valence-electron chi connectivity index (χ2n) is 10.2. The molecule has 0 saturated heterocycles. The molecule has 4 aromatic rings. The molecule has 0 fully saturated rings. The summed E-state index contributed by atoms with van der Waals surface area (Å²) in [5.41, 5.74) is -2.02. The molecule has 28 heteroatoms. The van der Waals surface area contributed by atoms with Crippen LogP contribution in [-0.4, -0.2) is 182 Å². The average Bonchev–Trinajstić information content (AvgIpc) is 3.00. The number of anilines is 3. The number of fused-ring (bicyclic) bond motifs is 1. The van der Waals surface area contributed by atoms with Crippen LogP contribution < -0.4 is 10.6 Å². The monoisotopic (exact) mass is 860 g/mol. The number of phenols is 1. The van der Waals surface area contributed by atoms with Crippen molar-refractivity contribution in [1.29, 1.82) is 0 Å². The fourth-order valence-corrected chi connectivity index (χ4v) is 6.84. The number of phenolic OH excluding ortho intramolecular Hbond substituents is 1. The van der Waals surface area contributed by atoms with Crippen molar-refractivity contribution >= 4 is 169 Å². The molecule has 277 valence electrons. The summed E-state index contributed by atoms with van der Waals surface area (Å²) in [4.78, 5) is 8.15. The first kappa shape index (κ1) is 50.3. The Morgan fingerprint density at radius 2 is 1.43 bits per heavy atom. The van der Waals surface area contributed by atoms with Crippen molar-refractivity contribution < 1.29 is 61.6 Å². The first-order chi connectivity index (χ1) is 23.6. The summed E-state index contributed by atoms with van der Waals surface area (Å²) in [6, 6.07) is 5.80. The van der Waals surface area contributed by atoms with Crippen molar-refractivity contribution in [3.05, 3.63) is 60.0 Å². The molecule has 6 N–H and O–H groups in total. The van der Waals surface area contributed by atoms with Gasteiger partial charge in [-0.2, -0.15) is 44.6 Å².